The van der Waals surface area contributed by atoms with Crippen LogP contribution in [0, 0.1) is 12.8 Å². The Morgan fingerprint density at radius 1 is 1.06 bits per heavy atom. The summed E-state index contributed by atoms with van der Waals surface area (Å²) < 4.78 is 27.4. The van der Waals surface area contributed by atoms with Gasteiger partial charge in [0.2, 0.25) is 11.8 Å². The molecule has 2 amide bonds. The first-order valence-corrected chi connectivity index (χ1v) is 12.3. The lowest BCUT2D eigenvalue weighted by molar-refractivity contribution is -0.133. The van der Waals surface area contributed by atoms with E-state index in [9.17, 15) is 18.0 Å². The highest BCUT2D eigenvalue weighted by Crippen LogP contribution is 2.41. The molecule has 8 nitrogen and oxygen atoms in total. The highest BCUT2D eigenvalue weighted by Gasteiger charge is 2.38. The Hall–Kier alpha value is -3.46. The Morgan fingerprint density at radius 3 is 2.48 bits per heavy atom. The fourth-order valence-corrected chi connectivity index (χ4v) is 6.17. The van der Waals surface area contributed by atoms with Gasteiger partial charge in [-0.15, -0.1) is 0 Å². The number of amides is 2. The number of carbonyl (C=O) groups excluding carboxylic acids is 2. The molecule has 2 aliphatic heterocycles. The summed E-state index contributed by atoms with van der Waals surface area (Å²) in [6.07, 6.45) is 2.74. The van der Waals surface area contributed by atoms with E-state index in [4.69, 9.17) is 0 Å². The summed E-state index contributed by atoms with van der Waals surface area (Å²) >= 11 is 0. The number of rotatable bonds is 4. The second-order valence-corrected chi connectivity index (χ2v) is 10.3. The Labute approximate surface area is 192 Å². The molecule has 0 radical (unpaired) electrons. The molecule has 170 valence electrons. The van der Waals surface area contributed by atoms with E-state index < -0.39 is 10.0 Å². The SMILES string of the molecule is Cc1ccc(NC(=O)C2CCN(C(=O)CN3c4cccc5cccc(c45)S3(=O)=O)CC2)nc1. The normalized spacial score (nSPS) is 17.4. The van der Waals surface area contributed by atoms with E-state index in [0.717, 1.165) is 10.9 Å². The predicted molar refractivity (Wildman–Crippen MR) is 125 cm³/mol. The van der Waals surface area contributed by atoms with Crippen LogP contribution in [0.4, 0.5) is 11.5 Å². The van der Waals surface area contributed by atoms with Crippen LogP contribution in [-0.2, 0) is 19.6 Å². The van der Waals surface area contributed by atoms with E-state index in [1.54, 1.807) is 41.4 Å². The lowest BCUT2D eigenvalue weighted by Crippen LogP contribution is -2.46. The summed E-state index contributed by atoms with van der Waals surface area (Å²) in [5, 5.41) is 4.32. The maximum absolute atomic E-state index is 13.1. The summed E-state index contributed by atoms with van der Waals surface area (Å²) in [5.74, 6) is -0.0760. The van der Waals surface area contributed by atoms with Crippen LogP contribution in [0.15, 0.2) is 59.6 Å². The van der Waals surface area contributed by atoms with Crippen LogP contribution in [0.3, 0.4) is 0 Å². The van der Waals surface area contributed by atoms with Crippen LogP contribution in [0.5, 0.6) is 0 Å². The molecule has 2 aromatic carbocycles. The molecule has 0 atom stereocenters. The molecular formula is C24H24N4O4S. The van der Waals surface area contributed by atoms with E-state index >= 15 is 0 Å². The molecule has 0 spiro atoms. The number of benzene rings is 2. The number of nitrogens with zero attached hydrogens (tertiary/aromatic N) is 3. The minimum absolute atomic E-state index is 0.109. The number of aryl methyl sites for hydroxylation is 1. The highest BCUT2D eigenvalue weighted by atomic mass is 32.2. The molecule has 33 heavy (non-hydrogen) atoms. The fraction of sp³-hybridized carbons (Fsp3) is 0.292. The maximum atomic E-state index is 13.1. The van der Waals surface area contributed by atoms with Gasteiger partial charge in [-0.2, -0.15) is 0 Å². The molecule has 5 rings (SSSR count). The lowest BCUT2D eigenvalue weighted by Gasteiger charge is -2.32. The van der Waals surface area contributed by atoms with Crippen LogP contribution in [0.2, 0.25) is 0 Å². The van der Waals surface area contributed by atoms with Gasteiger partial charge in [-0.1, -0.05) is 30.3 Å². The third kappa shape index (κ3) is 3.82. The van der Waals surface area contributed by atoms with Gasteiger partial charge in [0.15, 0.2) is 0 Å². The average molecular weight is 465 g/mol. The zero-order valence-electron chi connectivity index (χ0n) is 18.2. The number of hydrogen-bond acceptors (Lipinski definition) is 5. The molecular weight excluding hydrogens is 440 g/mol. The van der Waals surface area contributed by atoms with E-state index in [0.29, 0.717) is 42.8 Å². The predicted octanol–water partition coefficient (Wildman–Crippen LogP) is 2.93. The number of carbonyl (C=O) groups is 2. The number of likely N-dealkylation sites (tertiary alicyclic amines) is 1. The largest absolute Gasteiger partial charge is 0.341 e. The number of anilines is 2. The highest BCUT2D eigenvalue weighted by molar-refractivity contribution is 7.93. The van der Waals surface area contributed by atoms with Gasteiger partial charge in [-0.3, -0.25) is 13.9 Å². The summed E-state index contributed by atoms with van der Waals surface area (Å²) in [4.78, 5) is 31.7. The zero-order valence-corrected chi connectivity index (χ0v) is 19.0. The number of piperidine rings is 1. The Kier molecular flexibility index (Phi) is 5.28. The van der Waals surface area contributed by atoms with Gasteiger partial charge in [0.25, 0.3) is 10.0 Å². The molecule has 3 heterocycles. The quantitative estimate of drug-likeness (QED) is 0.640. The van der Waals surface area contributed by atoms with Crippen molar-refractivity contribution in [3.05, 3.63) is 60.3 Å². The number of pyridine rings is 1. The van der Waals surface area contributed by atoms with Gasteiger partial charge in [0.1, 0.15) is 12.4 Å². The summed E-state index contributed by atoms with van der Waals surface area (Å²) in [5.41, 5.74) is 1.55. The molecule has 0 bridgehead atoms. The molecule has 9 heteroatoms. The van der Waals surface area contributed by atoms with Gasteiger partial charge >= 0.3 is 0 Å². The Bertz CT molecular complexity index is 1340. The monoisotopic (exact) mass is 464 g/mol. The van der Waals surface area contributed by atoms with E-state index in [1.165, 1.54) is 4.31 Å². The molecule has 3 aromatic rings. The van der Waals surface area contributed by atoms with Gasteiger partial charge in [0.05, 0.1) is 10.6 Å². The van der Waals surface area contributed by atoms with Crippen LogP contribution in [0.25, 0.3) is 10.8 Å². The van der Waals surface area contributed by atoms with Gasteiger partial charge in [0, 0.05) is 30.6 Å². The van der Waals surface area contributed by atoms with Crippen molar-refractivity contribution in [3.8, 4) is 0 Å². The fourth-order valence-electron chi connectivity index (χ4n) is 4.51. The van der Waals surface area contributed by atoms with Crippen LogP contribution in [0.1, 0.15) is 18.4 Å². The van der Waals surface area contributed by atoms with Crippen molar-refractivity contribution in [3.63, 3.8) is 0 Å². The van der Waals surface area contributed by atoms with Crippen molar-refractivity contribution in [2.45, 2.75) is 24.7 Å². The van der Waals surface area contributed by atoms with E-state index in [-0.39, 0.29) is 29.2 Å². The topological polar surface area (TPSA) is 99.7 Å². The van der Waals surface area contributed by atoms with Crippen molar-refractivity contribution >= 4 is 44.1 Å². The number of aromatic nitrogens is 1. The molecule has 2 aliphatic rings. The third-order valence-corrected chi connectivity index (χ3v) is 8.14. The smallest absolute Gasteiger partial charge is 0.265 e. The summed E-state index contributed by atoms with van der Waals surface area (Å²) in [6, 6.07) is 14.2. The number of sulfonamides is 1. The Balaban J connectivity index is 1.24. The van der Waals surface area contributed by atoms with Crippen molar-refractivity contribution in [1.29, 1.82) is 0 Å². The van der Waals surface area contributed by atoms with E-state index in [1.807, 2.05) is 25.1 Å². The van der Waals surface area contributed by atoms with Crippen LogP contribution in [-0.4, -0.2) is 49.8 Å². The van der Waals surface area contributed by atoms with Crippen molar-refractivity contribution in [2.75, 3.05) is 29.3 Å². The van der Waals surface area contributed by atoms with Gasteiger partial charge in [-0.05, 0) is 48.9 Å². The molecule has 0 aliphatic carbocycles. The van der Waals surface area contributed by atoms with Crippen LogP contribution >= 0.6 is 0 Å². The molecule has 1 aromatic heterocycles. The zero-order chi connectivity index (χ0) is 23.2. The summed E-state index contributed by atoms with van der Waals surface area (Å²) in [7, 11) is -3.78. The van der Waals surface area contributed by atoms with Crippen molar-refractivity contribution in [1.82, 2.24) is 9.88 Å². The number of nitrogens with one attached hydrogen (secondary N) is 1. The van der Waals surface area contributed by atoms with Crippen molar-refractivity contribution < 1.29 is 18.0 Å². The average Bonchev–Trinajstić information content (AvgIpc) is 3.04. The minimum atomic E-state index is -3.78. The summed E-state index contributed by atoms with van der Waals surface area (Å²) in [6.45, 7) is 2.49. The molecule has 1 saturated heterocycles. The standard InChI is InChI=1S/C24H24N4O4S/c1-16-8-9-21(25-14-16)26-24(30)18-10-12-27(13-11-18)22(29)15-28-19-6-2-4-17-5-3-7-20(23(17)19)33(28,31)32/h2-9,14,18H,10-13,15H2,1H3,(H,25,26,30). The van der Waals surface area contributed by atoms with Crippen molar-refractivity contribution in [2.24, 2.45) is 5.92 Å². The number of hydrogen-bond donors (Lipinski definition) is 1. The molecule has 1 fully saturated rings. The molecule has 1 N–H and O–H groups in total. The molecule has 0 unspecified atom stereocenters. The van der Waals surface area contributed by atoms with Gasteiger partial charge < -0.3 is 10.2 Å². The minimum Gasteiger partial charge on any atom is -0.341 e. The maximum Gasteiger partial charge on any atom is 0.265 e. The lowest BCUT2D eigenvalue weighted by atomic mass is 9.96. The third-order valence-electron chi connectivity index (χ3n) is 6.34. The first kappa shape index (κ1) is 21.4. The van der Waals surface area contributed by atoms with Crippen LogP contribution < -0.4 is 9.62 Å². The Morgan fingerprint density at radius 2 is 1.79 bits per heavy atom. The first-order valence-electron chi connectivity index (χ1n) is 10.9. The van der Waals surface area contributed by atoms with Gasteiger partial charge in [-0.25, -0.2) is 13.4 Å². The second-order valence-electron chi connectivity index (χ2n) is 8.51. The van der Waals surface area contributed by atoms with E-state index in [2.05, 4.69) is 10.3 Å². The molecule has 0 saturated carbocycles. The second kappa shape index (κ2) is 8.15. The first-order chi connectivity index (χ1) is 15.8.